The van der Waals surface area contributed by atoms with Crippen molar-refractivity contribution in [1.29, 1.82) is 0 Å². The van der Waals surface area contributed by atoms with Crippen LogP contribution >= 0.6 is 0 Å². The Hall–Kier alpha value is -1.55. The predicted octanol–water partition coefficient (Wildman–Crippen LogP) is 2.16. The normalized spacial score (nSPS) is 12.8. The zero-order valence-corrected chi connectivity index (χ0v) is 10.7. The van der Waals surface area contributed by atoms with Crippen LogP contribution in [0.25, 0.3) is 0 Å². The van der Waals surface area contributed by atoms with E-state index >= 15 is 0 Å². The summed E-state index contributed by atoms with van der Waals surface area (Å²) in [4.78, 5) is 12.8. The average Bonchev–Trinajstić information content (AvgIpc) is 2.18. The van der Waals surface area contributed by atoms with E-state index in [2.05, 4.69) is 0 Å². The van der Waals surface area contributed by atoms with Gasteiger partial charge in [0.2, 0.25) is 0 Å². The van der Waals surface area contributed by atoms with Crippen molar-refractivity contribution in [2.24, 2.45) is 0 Å². The third-order valence-electron chi connectivity index (χ3n) is 2.32. The Kier molecular flexibility index (Phi) is 4.52. The van der Waals surface area contributed by atoms with Gasteiger partial charge in [0.25, 0.3) is 0 Å². The first-order chi connectivity index (χ1) is 7.91. The fourth-order valence-corrected chi connectivity index (χ4v) is 1.66. The predicted molar refractivity (Wildman–Crippen MR) is 66.3 cm³/mol. The summed E-state index contributed by atoms with van der Waals surface area (Å²) < 4.78 is 5.51. The molecule has 94 valence electrons. The molecule has 0 heterocycles. The number of carboxylic acids is 1. The molecule has 0 aromatic heterocycles. The van der Waals surface area contributed by atoms with Crippen molar-refractivity contribution in [2.45, 2.75) is 26.0 Å². The van der Waals surface area contributed by atoms with Crippen molar-refractivity contribution in [1.82, 2.24) is 4.90 Å². The summed E-state index contributed by atoms with van der Waals surface area (Å²) in [6.45, 7) is 3.90. The molecule has 1 atom stereocenters. The van der Waals surface area contributed by atoms with E-state index in [-0.39, 0.29) is 6.10 Å². The molecule has 1 rings (SSSR count). The lowest BCUT2D eigenvalue weighted by molar-refractivity contribution is -0.142. The van der Waals surface area contributed by atoms with E-state index in [0.717, 1.165) is 11.3 Å². The highest BCUT2D eigenvalue weighted by Gasteiger charge is 2.21. The van der Waals surface area contributed by atoms with E-state index in [9.17, 15) is 4.79 Å². The van der Waals surface area contributed by atoms with Gasteiger partial charge < -0.3 is 9.84 Å². The zero-order valence-electron chi connectivity index (χ0n) is 10.7. The molecule has 0 fully saturated rings. The molecule has 1 aromatic carbocycles. The summed E-state index contributed by atoms with van der Waals surface area (Å²) in [6.07, 6.45) is 0.116. The summed E-state index contributed by atoms with van der Waals surface area (Å²) >= 11 is 0. The topological polar surface area (TPSA) is 49.8 Å². The number of carboxylic acid groups (broad SMARTS) is 1. The summed E-state index contributed by atoms with van der Waals surface area (Å²) in [7, 11) is 3.49. The number of ether oxygens (including phenoxy) is 1. The highest BCUT2D eigenvalue weighted by Crippen LogP contribution is 2.22. The Morgan fingerprint density at radius 1 is 1.24 bits per heavy atom. The molecule has 0 amide bonds. The summed E-state index contributed by atoms with van der Waals surface area (Å²) in [6, 6.07) is 6.56. The first-order valence-corrected chi connectivity index (χ1v) is 5.57. The van der Waals surface area contributed by atoms with E-state index in [1.807, 2.05) is 13.8 Å². The molecule has 4 nitrogen and oxygen atoms in total. The van der Waals surface area contributed by atoms with E-state index < -0.39 is 12.0 Å². The molecular weight excluding hydrogens is 218 g/mol. The Bertz CT molecular complexity index is 371. The maximum atomic E-state index is 11.1. The highest BCUT2D eigenvalue weighted by atomic mass is 16.5. The summed E-state index contributed by atoms with van der Waals surface area (Å²) in [5, 5.41) is 9.14. The van der Waals surface area contributed by atoms with E-state index in [0.29, 0.717) is 0 Å². The van der Waals surface area contributed by atoms with Gasteiger partial charge in [-0.2, -0.15) is 0 Å². The Morgan fingerprint density at radius 3 is 2.12 bits per heavy atom. The number of aliphatic carboxylic acids is 1. The number of likely N-dealkylation sites (N-methyl/N-ethyl adjacent to an activating group) is 1. The molecule has 0 aliphatic carbocycles. The van der Waals surface area contributed by atoms with Crippen molar-refractivity contribution in [3.05, 3.63) is 29.8 Å². The van der Waals surface area contributed by atoms with Gasteiger partial charge in [-0.1, -0.05) is 12.1 Å². The molecule has 0 bridgehead atoms. The van der Waals surface area contributed by atoms with Gasteiger partial charge in [0.1, 0.15) is 11.8 Å². The van der Waals surface area contributed by atoms with Gasteiger partial charge in [-0.05, 0) is 45.6 Å². The van der Waals surface area contributed by atoms with Gasteiger partial charge in [0.05, 0.1) is 6.10 Å². The number of carbonyl (C=O) groups is 1. The largest absolute Gasteiger partial charge is 0.491 e. The zero-order chi connectivity index (χ0) is 13.0. The Labute approximate surface area is 102 Å². The van der Waals surface area contributed by atoms with Crippen LogP contribution in [0.1, 0.15) is 25.5 Å². The SMILES string of the molecule is CC(C)Oc1ccc(C(C(=O)O)N(C)C)cc1. The Balaban J connectivity index is 2.88. The maximum absolute atomic E-state index is 11.1. The van der Waals surface area contributed by atoms with Gasteiger partial charge in [-0.25, -0.2) is 0 Å². The van der Waals surface area contributed by atoms with E-state index in [1.54, 1.807) is 43.3 Å². The number of rotatable bonds is 5. The molecule has 0 radical (unpaired) electrons. The van der Waals surface area contributed by atoms with E-state index in [4.69, 9.17) is 9.84 Å². The molecule has 17 heavy (non-hydrogen) atoms. The lowest BCUT2D eigenvalue weighted by Gasteiger charge is -2.20. The molecule has 0 spiro atoms. The van der Waals surface area contributed by atoms with Gasteiger partial charge in [0.15, 0.2) is 0 Å². The van der Waals surface area contributed by atoms with Crippen molar-refractivity contribution < 1.29 is 14.6 Å². The lowest BCUT2D eigenvalue weighted by Crippen LogP contribution is -2.27. The lowest BCUT2D eigenvalue weighted by atomic mass is 10.1. The molecule has 1 N–H and O–H groups in total. The standard InChI is InChI=1S/C13H19NO3/c1-9(2)17-11-7-5-10(6-8-11)12(13(15)16)14(3)4/h5-9,12H,1-4H3,(H,15,16). The molecule has 0 aliphatic heterocycles. The fraction of sp³-hybridized carbons (Fsp3) is 0.462. The quantitative estimate of drug-likeness (QED) is 0.852. The number of benzene rings is 1. The van der Waals surface area contributed by atoms with Gasteiger partial charge in [-0.3, -0.25) is 9.69 Å². The van der Waals surface area contributed by atoms with Gasteiger partial charge in [-0.15, -0.1) is 0 Å². The minimum Gasteiger partial charge on any atom is -0.491 e. The second-order valence-corrected chi connectivity index (χ2v) is 4.44. The van der Waals surface area contributed by atoms with Crippen LogP contribution < -0.4 is 4.74 Å². The van der Waals surface area contributed by atoms with Crippen molar-refractivity contribution >= 4 is 5.97 Å². The van der Waals surface area contributed by atoms with Gasteiger partial charge in [0, 0.05) is 0 Å². The summed E-state index contributed by atoms with van der Waals surface area (Å²) in [5.74, 6) is -0.0980. The first-order valence-electron chi connectivity index (χ1n) is 5.57. The van der Waals surface area contributed by atoms with Crippen LogP contribution in [-0.4, -0.2) is 36.2 Å². The van der Waals surface area contributed by atoms with Crippen molar-refractivity contribution in [3.63, 3.8) is 0 Å². The summed E-state index contributed by atoms with van der Waals surface area (Å²) in [5.41, 5.74) is 0.749. The third kappa shape index (κ3) is 3.75. The van der Waals surface area contributed by atoms with Crippen LogP contribution in [0.2, 0.25) is 0 Å². The minimum absolute atomic E-state index is 0.116. The van der Waals surface area contributed by atoms with E-state index in [1.165, 1.54) is 0 Å². The van der Waals surface area contributed by atoms with Crippen molar-refractivity contribution in [2.75, 3.05) is 14.1 Å². The number of hydrogen-bond acceptors (Lipinski definition) is 3. The molecule has 0 saturated carbocycles. The molecule has 1 unspecified atom stereocenters. The third-order valence-corrected chi connectivity index (χ3v) is 2.32. The van der Waals surface area contributed by atoms with Gasteiger partial charge >= 0.3 is 5.97 Å². The first kappa shape index (κ1) is 13.5. The smallest absolute Gasteiger partial charge is 0.325 e. The number of nitrogens with zero attached hydrogens (tertiary/aromatic N) is 1. The monoisotopic (exact) mass is 237 g/mol. The maximum Gasteiger partial charge on any atom is 0.325 e. The molecule has 1 aromatic rings. The average molecular weight is 237 g/mol. The van der Waals surface area contributed by atoms with Crippen LogP contribution in [-0.2, 0) is 4.79 Å². The molecule has 0 aliphatic rings. The van der Waals surface area contributed by atoms with Crippen LogP contribution in [0.3, 0.4) is 0 Å². The molecular formula is C13H19NO3. The van der Waals surface area contributed by atoms with Crippen LogP contribution in [0, 0.1) is 0 Å². The highest BCUT2D eigenvalue weighted by molar-refractivity contribution is 5.75. The van der Waals surface area contributed by atoms with Crippen LogP contribution in [0.5, 0.6) is 5.75 Å². The molecule has 4 heteroatoms. The fourth-order valence-electron chi connectivity index (χ4n) is 1.66. The van der Waals surface area contributed by atoms with Crippen LogP contribution in [0.15, 0.2) is 24.3 Å². The number of hydrogen-bond donors (Lipinski definition) is 1. The Morgan fingerprint density at radius 2 is 1.76 bits per heavy atom. The second kappa shape index (κ2) is 5.68. The van der Waals surface area contributed by atoms with Crippen molar-refractivity contribution in [3.8, 4) is 5.75 Å². The molecule has 0 saturated heterocycles. The second-order valence-electron chi connectivity index (χ2n) is 4.44. The van der Waals surface area contributed by atoms with Crippen LogP contribution in [0.4, 0.5) is 0 Å². The minimum atomic E-state index is -0.854.